The zero-order valence-electron chi connectivity index (χ0n) is 25.4. The number of amides is 3. The molecule has 3 amide bonds. The van der Waals surface area contributed by atoms with Crippen molar-refractivity contribution in [1.82, 2.24) is 20.5 Å². The summed E-state index contributed by atoms with van der Waals surface area (Å²) in [6.07, 6.45) is 12.0. The molecule has 2 atom stereocenters. The summed E-state index contributed by atoms with van der Waals surface area (Å²) in [4.78, 5) is 50.1. The molecule has 44 heavy (non-hydrogen) atoms. The molecular weight excluding hydrogens is 554 g/mol. The summed E-state index contributed by atoms with van der Waals surface area (Å²) in [7, 11) is 0. The van der Waals surface area contributed by atoms with Crippen molar-refractivity contribution in [3.63, 3.8) is 0 Å². The van der Waals surface area contributed by atoms with Crippen LogP contribution >= 0.6 is 0 Å². The van der Waals surface area contributed by atoms with E-state index in [-0.39, 0.29) is 30.2 Å². The summed E-state index contributed by atoms with van der Waals surface area (Å²) in [5, 5.41) is 9.24. The fourth-order valence-electron chi connectivity index (χ4n) is 5.79. The van der Waals surface area contributed by atoms with Gasteiger partial charge in [0, 0.05) is 44.4 Å². The van der Waals surface area contributed by atoms with Crippen LogP contribution in [0.5, 0.6) is 0 Å². The summed E-state index contributed by atoms with van der Waals surface area (Å²) in [5.74, 6) is -0.402. The Morgan fingerprint density at radius 2 is 1.84 bits per heavy atom. The van der Waals surface area contributed by atoms with Crippen molar-refractivity contribution in [3.05, 3.63) is 94.5 Å². The third kappa shape index (κ3) is 7.49. The molecular formula is C34H41N7O3. The number of carbonyl (C=O) groups is 3. The van der Waals surface area contributed by atoms with Gasteiger partial charge in [-0.05, 0) is 66.2 Å². The van der Waals surface area contributed by atoms with Gasteiger partial charge < -0.3 is 26.6 Å². The molecule has 1 aromatic heterocycles. The smallest absolute Gasteiger partial charge is 0.250 e. The number of rotatable bonds is 10. The maximum atomic E-state index is 13.3. The number of fused-ring (bicyclic) bond motifs is 2. The fourth-order valence-corrected chi connectivity index (χ4v) is 5.79. The standard InChI is InChI=1S/C34H41N7O3/c1-3-11-41(12-4-2)34(44)27-14-24-9-10-25(16-29(24)40-31(35)17-27)32(42)39-28-13-22(18-36-21-28)19-38-33(43)30-15-23-7-5-6-8-26(23)20-37-30/h5-9,13-14,16,18,21,25,30,37H,3-4,10-12,15,17,19-20H2,1-2H3,(H2,35,40)(H,38,43)(H,39,42). The van der Waals surface area contributed by atoms with Crippen molar-refractivity contribution < 1.29 is 14.4 Å². The number of aromatic nitrogens is 1. The number of amidine groups is 1. The monoisotopic (exact) mass is 595 g/mol. The molecule has 1 aliphatic carbocycles. The lowest BCUT2D eigenvalue weighted by Gasteiger charge is -2.25. The number of nitrogens with two attached hydrogens (primary N) is 1. The van der Waals surface area contributed by atoms with E-state index in [2.05, 4.69) is 51.9 Å². The first-order valence-corrected chi connectivity index (χ1v) is 15.4. The Kier molecular flexibility index (Phi) is 10.0. The molecule has 0 bridgehead atoms. The molecule has 2 unspecified atom stereocenters. The van der Waals surface area contributed by atoms with Gasteiger partial charge in [-0.25, -0.2) is 4.99 Å². The normalized spacial score (nSPS) is 19.1. The van der Waals surface area contributed by atoms with E-state index in [9.17, 15) is 14.4 Å². The molecule has 3 heterocycles. The minimum atomic E-state index is -0.462. The summed E-state index contributed by atoms with van der Waals surface area (Å²) < 4.78 is 0. The summed E-state index contributed by atoms with van der Waals surface area (Å²) in [5.41, 5.74) is 12.0. The predicted molar refractivity (Wildman–Crippen MR) is 171 cm³/mol. The molecule has 0 radical (unpaired) electrons. The minimum Gasteiger partial charge on any atom is -0.387 e. The highest BCUT2D eigenvalue weighted by atomic mass is 16.2. The Morgan fingerprint density at radius 1 is 1.07 bits per heavy atom. The highest BCUT2D eigenvalue weighted by molar-refractivity contribution is 6.01. The third-order valence-corrected chi connectivity index (χ3v) is 8.02. The number of nitrogens with one attached hydrogen (secondary N) is 3. The fraction of sp³-hybridized carbons (Fsp3) is 0.382. The van der Waals surface area contributed by atoms with Crippen LogP contribution in [0.4, 0.5) is 5.69 Å². The summed E-state index contributed by atoms with van der Waals surface area (Å²) in [6.45, 7) is 6.46. The Hall–Kier alpha value is -4.57. The van der Waals surface area contributed by atoms with Gasteiger partial charge in [0.1, 0.15) is 5.84 Å². The number of hydrogen-bond acceptors (Lipinski definition) is 7. The maximum Gasteiger partial charge on any atom is 0.250 e. The van der Waals surface area contributed by atoms with Crippen LogP contribution in [0.15, 0.2) is 82.8 Å². The first-order valence-electron chi connectivity index (χ1n) is 15.4. The maximum absolute atomic E-state index is 13.3. The number of carbonyl (C=O) groups excluding carboxylic acids is 3. The molecule has 0 fully saturated rings. The third-order valence-electron chi connectivity index (χ3n) is 8.02. The highest BCUT2D eigenvalue weighted by Crippen LogP contribution is 2.30. The van der Waals surface area contributed by atoms with Gasteiger partial charge in [-0.1, -0.05) is 44.2 Å². The van der Waals surface area contributed by atoms with Gasteiger partial charge >= 0.3 is 0 Å². The van der Waals surface area contributed by atoms with Gasteiger partial charge in [0.25, 0.3) is 0 Å². The Balaban J connectivity index is 1.19. The van der Waals surface area contributed by atoms with Gasteiger partial charge in [-0.2, -0.15) is 0 Å². The van der Waals surface area contributed by atoms with Crippen LogP contribution in [0.3, 0.4) is 0 Å². The van der Waals surface area contributed by atoms with Crippen molar-refractivity contribution in [3.8, 4) is 0 Å². The van der Waals surface area contributed by atoms with Gasteiger partial charge in [0.05, 0.1) is 29.5 Å². The van der Waals surface area contributed by atoms with E-state index in [1.54, 1.807) is 12.4 Å². The SMILES string of the molecule is CCCN(CCC)C(=O)C1=CC2=CCC(C(=O)Nc3cncc(CNC(=O)C4Cc5ccccc5CN4)c3)C=C2N=C(N)C1. The van der Waals surface area contributed by atoms with Gasteiger partial charge in [0.2, 0.25) is 17.7 Å². The summed E-state index contributed by atoms with van der Waals surface area (Å²) in [6, 6.07) is 9.65. The molecule has 1 aromatic carbocycles. The molecule has 0 saturated carbocycles. The lowest BCUT2D eigenvalue weighted by molar-refractivity contribution is -0.127. The van der Waals surface area contributed by atoms with Crippen molar-refractivity contribution in [2.75, 3.05) is 18.4 Å². The Bertz CT molecular complexity index is 1530. The molecule has 230 valence electrons. The summed E-state index contributed by atoms with van der Waals surface area (Å²) >= 11 is 0. The van der Waals surface area contributed by atoms with E-state index in [0.29, 0.717) is 61.8 Å². The van der Waals surface area contributed by atoms with Gasteiger partial charge in [-0.15, -0.1) is 0 Å². The number of hydrogen-bond donors (Lipinski definition) is 4. The molecule has 0 saturated heterocycles. The molecule has 2 aromatic rings. The second kappa shape index (κ2) is 14.3. The van der Waals surface area contributed by atoms with E-state index in [1.165, 1.54) is 11.1 Å². The zero-order valence-corrected chi connectivity index (χ0v) is 25.4. The average molecular weight is 596 g/mol. The minimum absolute atomic E-state index is 0.0159. The molecule has 0 spiro atoms. The number of nitrogens with zero attached hydrogens (tertiary/aromatic N) is 3. The van der Waals surface area contributed by atoms with Gasteiger partial charge in [0.15, 0.2) is 0 Å². The molecule has 10 heteroatoms. The molecule has 2 aliphatic heterocycles. The largest absolute Gasteiger partial charge is 0.387 e. The molecule has 5 N–H and O–H groups in total. The van der Waals surface area contributed by atoms with Crippen LogP contribution in [-0.4, -0.2) is 52.6 Å². The Morgan fingerprint density at radius 3 is 2.61 bits per heavy atom. The topological polar surface area (TPSA) is 142 Å². The zero-order chi connectivity index (χ0) is 31.1. The highest BCUT2D eigenvalue weighted by Gasteiger charge is 2.27. The van der Waals surface area contributed by atoms with Crippen LogP contribution in [-0.2, 0) is 33.9 Å². The number of pyridine rings is 1. The molecule has 3 aliphatic rings. The Labute approximate surface area is 258 Å². The van der Waals surface area contributed by atoms with Crippen LogP contribution in [0, 0.1) is 5.92 Å². The van der Waals surface area contributed by atoms with Crippen molar-refractivity contribution >= 4 is 29.2 Å². The van der Waals surface area contributed by atoms with E-state index in [4.69, 9.17) is 5.73 Å². The number of benzene rings is 1. The van der Waals surface area contributed by atoms with E-state index >= 15 is 0 Å². The van der Waals surface area contributed by atoms with Crippen molar-refractivity contribution in [2.45, 2.75) is 65.1 Å². The van der Waals surface area contributed by atoms with E-state index in [1.807, 2.05) is 41.3 Å². The van der Waals surface area contributed by atoms with Crippen LogP contribution < -0.4 is 21.7 Å². The van der Waals surface area contributed by atoms with Gasteiger partial charge in [-0.3, -0.25) is 19.4 Å². The first-order chi connectivity index (χ1) is 21.3. The second-order valence-electron chi connectivity index (χ2n) is 11.5. The number of aliphatic imine (C=N–C) groups is 1. The van der Waals surface area contributed by atoms with Crippen LogP contribution in [0.1, 0.15) is 56.2 Å². The predicted octanol–water partition coefficient (Wildman–Crippen LogP) is 3.52. The lowest BCUT2D eigenvalue weighted by atomic mass is 9.92. The van der Waals surface area contributed by atoms with Crippen molar-refractivity contribution in [2.24, 2.45) is 16.6 Å². The van der Waals surface area contributed by atoms with Crippen molar-refractivity contribution in [1.29, 1.82) is 0 Å². The van der Waals surface area contributed by atoms with Crippen LogP contribution in [0.25, 0.3) is 0 Å². The van der Waals surface area contributed by atoms with Crippen LogP contribution in [0.2, 0.25) is 0 Å². The number of anilines is 1. The lowest BCUT2D eigenvalue weighted by Crippen LogP contribution is -2.47. The average Bonchev–Trinajstić information content (AvgIpc) is 3.20. The van der Waals surface area contributed by atoms with E-state index < -0.39 is 5.92 Å². The first kappa shape index (κ1) is 30.9. The van der Waals surface area contributed by atoms with E-state index in [0.717, 1.165) is 24.0 Å². The molecule has 10 nitrogen and oxygen atoms in total. The number of allylic oxidation sites excluding steroid dienone is 2. The quantitative estimate of drug-likeness (QED) is 0.331. The second-order valence-corrected chi connectivity index (χ2v) is 11.5. The molecule has 5 rings (SSSR count).